The Balaban J connectivity index is 0.0000143. The van der Waals surface area contributed by atoms with E-state index in [2.05, 4.69) is 39.8 Å². The van der Waals surface area contributed by atoms with E-state index in [0.717, 1.165) is 83.5 Å². The maximum Gasteiger partial charge on any atom is 0.308 e. The number of esters is 2. The molecule has 0 aromatic heterocycles. The van der Waals surface area contributed by atoms with Crippen LogP contribution in [0.2, 0.25) is 0 Å². The smallest absolute Gasteiger partial charge is 0.308 e. The first-order chi connectivity index (χ1) is 27.0. The van der Waals surface area contributed by atoms with E-state index in [1.54, 1.807) is 4.90 Å². The van der Waals surface area contributed by atoms with Crippen LogP contribution in [0.4, 0.5) is 0 Å². The second kappa shape index (κ2) is 39.6. The molecule has 0 radical (unpaired) electrons. The Kier molecular flexibility index (Phi) is 37.7. The van der Waals surface area contributed by atoms with E-state index in [1.165, 1.54) is 82.6 Å². The van der Waals surface area contributed by atoms with Gasteiger partial charge < -0.3 is 14.4 Å². The summed E-state index contributed by atoms with van der Waals surface area (Å²) in [7, 11) is 0. The fourth-order valence-electron chi connectivity index (χ4n) is 6.99. The highest BCUT2D eigenvalue weighted by Gasteiger charge is 2.22. The molecule has 0 aliphatic carbocycles. The topological polar surface area (TPSA) is 72.9 Å². The molecule has 55 heavy (non-hydrogen) atoms. The Morgan fingerprint density at radius 3 is 1.29 bits per heavy atom. The normalized spacial score (nSPS) is 12.2. The molecule has 1 aromatic carbocycles. The van der Waals surface area contributed by atoms with Gasteiger partial charge in [-0.15, -0.1) is 0 Å². The van der Waals surface area contributed by atoms with E-state index in [9.17, 15) is 14.4 Å². The molecule has 0 spiro atoms. The monoisotopic (exact) mass is 770 g/mol. The van der Waals surface area contributed by atoms with Gasteiger partial charge in [0.2, 0.25) is 5.91 Å². The summed E-state index contributed by atoms with van der Waals surface area (Å²) >= 11 is 0. The van der Waals surface area contributed by atoms with E-state index in [-0.39, 0.29) is 49.3 Å². The minimum atomic E-state index is -0.128. The van der Waals surface area contributed by atoms with Gasteiger partial charge >= 0.3 is 11.9 Å². The number of carbonyl (C=O) groups excluding carboxylic acids is 3. The zero-order valence-corrected chi connectivity index (χ0v) is 36.9. The van der Waals surface area contributed by atoms with Crippen molar-refractivity contribution in [3.8, 4) is 0 Å². The van der Waals surface area contributed by atoms with Crippen molar-refractivity contribution in [2.24, 2.45) is 11.8 Å². The van der Waals surface area contributed by atoms with Crippen LogP contribution in [-0.2, 0) is 30.3 Å². The first-order valence-corrected chi connectivity index (χ1v) is 23.3. The summed E-state index contributed by atoms with van der Waals surface area (Å²) in [5.41, 5.74) is 1.20. The first kappa shape index (κ1) is 52.4. The van der Waals surface area contributed by atoms with E-state index in [1.807, 2.05) is 44.2 Å². The highest BCUT2D eigenvalue weighted by molar-refractivity contribution is 5.78. The van der Waals surface area contributed by atoms with E-state index in [0.29, 0.717) is 13.1 Å². The molecule has 0 N–H and O–H groups in total. The summed E-state index contributed by atoms with van der Waals surface area (Å²) in [6.45, 7) is 13.8. The molecule has 2 unspecified atom stereocenters. The third-order valence-electron chi connectivity index (χ3n) is 10.5. The molecule has 1 aromatic rings. The van der Waals surface area contributed by atoms with Crippen LogP contribution in [0.25, 0.3) is 0 Å². The molecule has 0 aliphatic rings. The Morgan fingerprint density at radius 1 is 0.527 bits per heavy atom. The van der Waals surface area contributed by atoms with Crippen molar-refractivity contribution in [2.45, 2.75) is 208 Å². The maximum absolute atomic E-state index is 13.5. The highest BCUT2D eigenvalue weighted by Crippen LogP contribution is 2.22. The molecule has 1 rings (SSSR count). The van der Waals surface area contributed by atoms with Gasteiger partial charge in [-0.2, -0.15) is 0 Å². The average molecular weight is 770 g/mol. The van der Waals surface area contributed by atoms with Crippen molar-refractivity contribution in [1.82, 2.24) is 4.90 Å². The number of hydrogen-bond acceptors (Lipinski definition) is 5. The SMILES string of the molecule is CC.CCCCCCCCC(CCCCCC)C(=O)OCCN(CCOC(=O)C(CCCCCC)CCCCCCCC)C(=O)C/C=C/Cc1ccccc1. The number of rotatable bonds is 36. The van der Waals surface area contributed by atoms with Crippen LogP contribution in [0, 0.1) is 11.8 Å². The molecule has 0 fully saturated rings. The van der Waals surface area contributed by atoms with Crippen LogP contribution in [-0.4, -0.2) is 49.0 Å². The lowest BCUT2D eigenvalue weighted by molar-refractivity contribution is -0.152. The van der Waals surface area contributed by atoms with Crippen molar-refractivity contribution in [3.63, 3.8) is 0 Å². The number of amides is 1. The molecule has 1 amide bonds. The Morgan fingerprint density at radius 2 is 0.891 bits per heavy atom. The van der Waals surface area contributed by atoms with Gasteiger partial charge in [-0.1, -0.05) is 212 Å². The number of allylic oxidation sites excluding steroid dienone is 1. The molecular weight excluding hydrogens is 683 g/mol. The standard InChI is InChI=1S/C47H81NO5.C2H6/c1-5-9-13-17-19-26-35-43(33-24-15-11-7-3)46(50)52-40-38-48(45(49)37-29-28-32-42-30-22-21-23-31-42)39-41-53-47(51)44(34-25-16-12-8-4)36-27-20-18-14-10-6-2;1-2/h21-23,28-31,43-44H,5-20,24-27,32-41H2,1-4H3;1-2H3/b29-28+;. The highest BCUT2D eigenvalue weighted by atomic mass is 16.5. The largest absolute Gasteiger partial charge is 0.464 e. The number of ether oxygens (including phenoxy) is 2. The van der Waals surface area contributed by atoms with Crippen LogP contribution in [0.3, 0.4) is 0 Å². The van der Waals surface area contributed by atoms with E-state index < -0.39 is 0 Å². The van der Waals surface area contributed by atoms with Gasteiger partial charge in [-0.3, -0.25) is 14.4 Å². The van der Waals surface area contributed by atoms with Crippen LogP contribution in [0.15, 0.2) is 42.5 Å². The lowest BCUT2D eigenvalue weighted by Gasteiger charge is -2.24. The molecule has 2 atom stereocenters. The minimum absolute atomic E-state index is 0.0483. The van der Waals surface area contributed by atoms with Crippen LogP contribution < -0.4 is 0 Å². The van der Waals surface area contributed by atoms with Crippen molar-refractivity contribution in [1.29, 1.82) is 0 Å². The molecular formula is C49H87NO5. The summed E-state index contributed by atoms with van der Waals surface area (Å²) in [5, 5.41) is 0. The van der Waals surface area contributed by atoms with E-state index >= 15 is 0 Å². The average Bonchev–Trinajstić information content (AvgIpc) is 3.20. The number of unbranched alkanes of at least 4 members (excludes halogenated alkanes) is 16. The Labute approximate surface area is 340 Å². The van der Waals surface area contributed by atoms with E-state index in [4.69, 9.17) is 9.47 Å². The van der Waals surface area contributed by atoms with Crippen LogP contribution in [0.5, 0.6) is 0 Å². The predicted molar refractivity (Wildman–Crippen MR) is 234 cm³/mol. The second-order valence-corrected chi connectivity index (χ2v) is 15.3. The lowest BCUT2D eigenvalue weighted by Crippen LogP contribution is -2.37. The lowest BCUT2D eigenvalue weighted by atomic mass is 9.94. The third-order valence-corrected chi connectivity index (χ3v) is 10.5. The van der Waals surface area contributed by atoms with Crippen LogP contribution in [0.1, 0.15) is 208 Å². The summed E-state index contributed by atoms with van der Waals surface area (Å²) in [6, 6.07) is 10.2. The number of benzene rings is 1. The summed E-state index contributed by atoms with van der Waals surface area (Å²) in [4.78, 5) is 41.8. The molecule has 0 aliphatic heterocycles. The zero-order valence-electron chi connectivity index (χ0n) is 36.9. The van der Waals surface area contributed by atoms with Gasteiger partial charge in [0.15, 0.2) is 0 Å². The first-order valence-electron chi connectivity index (χ1n) is 23.3. The molecule has 0 saturated heterocycles. The van der Waals surface area contributed by atoms with Crippen LogP contribution >= 0.6 is 0 Å². The van der Waals surface area contributed by atoms with Gasteiger partial charge in [0, 0.05) is 6.42 Å². The van der Waals surface area contributed by atoms with Gasteiger partial charge in [-0.25, -0.2) is 0 Å². The van der Waals surface area contributed by atoms with Crippen molar-refractivity contribution < 1.29 is 23.9 Å². The van der Waals surface area contributed by atoms with Crippen molar-refractivity contribution in [3.05, 3.63) is 48.0 Å². The molecule has 6 nitrogen and oxygen atoms in total. The molecule has 0 saturated carbocycles. The zero-order chi connectivity index (χ0) is 40.6. The third kappa shape index (κ3) is 30.2. The number of hydrogen-bond donors (Lipinski definition) is 0. The molecule has 6 heteroatoms. The van der Waals surface area contributed by atoms with Gasteiger partial charge in [0.1, 0.15) is 13.2 Å². The summed E-state index contributed by atoms with van der Waals surface area (Å²) in [5.74, 6) is -0.461. The van der Waals surface area contributed by atoms with Gasteiger partial charge in [-0.05, 0) is 37.7 Å². The number of carbonyl (C=O) groups is 3. The summed E-state index contributed by atoms with van der Waals surface area (Å²) in [6.07, 6.45) is 32.0. The molecule has 318 valence electrons. The number of nitrogens with zero attached hydrogens (tertiary/aromatic N) is 1. The molecule has 0 bridgehead atoms. The molecule has 0 heterocycles. The van der Waals surface area contributed by atoms with Gasteiger partial charge in [0.05, 0.1) is 24.9 Å². The second-order valence-electron chi connectivity index (χ2n) is 15.3. The predicted octanol–water partition coefficient (Wildman–Crippen LogP) is 13.8. The fraction of sp³-hybridized carbons (Fsp3) is 0.776. The quantitative estimate of drug-likeness (QED) is 0.0386. The van der Waals surface area contributed by atoms with Crippen molar-refractivity contribution >= 4 is 17.8 Å². The Bertz CT molecular complexity index is 991. The summed E-state index contributed by atoms with van der Waals surface area (Å²) < 4.78 is 11.7. The van der Waals surface area contributed by atoms with Gasteiger partial charge in [0.25, 0.3) is 0 Å². The minimum Gasteiger partial charge on any atom is -0.464 e. The maximum atomic E-state index is 13.5. The van der Waals surface area contributed by atoms with Crippen molar-refractivity contribution in [2.75, 3.05) is 26.3 Å². The Hall–Kier alpha value is -2.63. The fourth-order valence-corrected chi connectivity index (χ4v) is 6.99.